The number of methoxy groups -OCH3 is 1. The highest BCUT2D eigenvalue weighted by atomic mass is 16.7. The predicted octanol–water partition coefficient (Wildman–Crippen LogP) is 1.18. The van der Waals surface area contributed by atoms with E-state index in [1.165, 1.54) is 0 Å². The van der Waals surface area contributed by atoms with Crippen LogP contribution in [0.1, 0.15) is 5.56 Å². The molecule has 0 heterocycles. The standard InChI is InChI=1S/C11H16O4/c1-13-6-7-14-9-15-11-5-3-2-4-10(11)8-12/h2-5,12H,6-9H2,1H3. The first-order chi connectivity index (χ1) is 7.38. The molecule has 0 aliphatic carbocycles. The lowest BCUT2D eigenvalue weighted by molar-refractivity contribution is -0.00926. The van der Waals surface area contributed by atoms with Crippen LogP contribution in [0.2, 0.25) is 0 Å². The van der Waals surface area contributed by atoms with Gasteiger partial charge < -0.3 is 19.3 Å². The molecule has 1 aromatic carbocycles. The van der Waals surface area contributed by atoms with E-state index in [-0.39, 0.29) is 13.4 Å². The molecule has 1 aromatic rings. The minimum absolute atomic E-state index is 0.0335. The van der Waals surface area contributed by atoms with Crippen molar-refractivity contribution >= 4 is 0 Å². The van der Waals surface area contributed by atoms with E-state index in [4.69, 9.17) is 19.3 Å². The molecule has 0 unspecified atom stereocenters. The number of benzene rings is 1. The monoisotopic (exact) mass is 212 g/mol. The van der Waals surface area contributed by atoms with Gasteiger partial charge in [-0.1, -0.05) is 18.2 Å². The second kappa shape index (κ2) is 7.23. The Labute approximate surface area is 89.4 Å². The summed E-state index contributed by atoms with van der Waals surface area (Å²) in [7, 11) is 1.62. The van der Waals surface area contributed by atoms with Crippen LogP contribution in [0.3, 0.4) is 0 Å². The molecule has 0 atom stereocenters. The molecule has 0 radical (unpaired) electrons. The van der Waals surface area contributed by atoms with E-state index < -0.39 is 0 Å². The van der Waals surface area contributed by atoms with Crippen molar-refractivity contribution in [2.24, 2.45) is 0 Å². The third-order valence-electron chi connectivity index (χ3n) is 1.87. The number of rotatable bonds is 7. The highest BCUT2D eigenvalue weighted by molar-refractivity contribution is 5.32. The zero-order valence-electron chi connectivity index (χ0n) is 8.81. The second-order valence-corrected chi connectivity index (χ2v) is 2.93. The molecule has 0 aromatic heterocycles. The van der Waals surface area contributed by atoms with Gasteiger partial charge in [-0.2, -0.15) is 0 Å². The van der Waals surface area contributed by atoms with Crippen LogP contribution in [0.4, 0.5) is 0 Å². The van der Waals surface area contributed by atoms with Crippen LogP contribution >= 0.6 is 0 Å². The van der Waals surface area contributed by atoms with Gasteiger partial charge in [-0.15, -0.1) is 0 Å². The topological polar surface area (TPSA) is 47.9 Å². The van der Waals surface area contributed by atoms with Crippen molar-refractivity contribution in [1.82, 2.24) is 0 Å². The van der Waals surface area contributed by atoms with Crippen molar-refractivity contribution in [3.8, 4) is 5.75 Å². The Morgan fingerprint density at radius 2 is 2.00 bits per heavy atom. The smallest absolute Gasteiger partial charge is 0.189 e. The van der Waals surface area contributed by atoms with Crippen molar-refractivity contribution in [3.63, 3.8) is 0 Å². The summed E-state index contributed by atoms with van der Waals surface area (Å²) in [5.41, 5.74) is 0.757. The van der Waals surface area contributed by atoms with Crippen LogP contribution < -0.4 is 4.74 Å². The zero-order valence-corrected chi connectivity index (χ0v) is 8.81. The molecular formula is C11H16O4. The first-order valence-corrected chi connectivity index (χ1v) is 4.76. The third-order valence-corrected chi connectivity index (χ3v) is 1.87. The van der Waals surface area contributed by atoms with Crippen LogP contribution in [0, 0.1) is 0 Å². The number of hydrogen-bond donors (Lipinski definition) is 1. The Kier molecular flexibility index (Phi) is 5.77. The molecule has 4 heteroatoms. The summed E-state index contributed by atoms with van der Waals surface area (Å²) < 4.78 is 15.3. The van der Waals surface area contributed by atoms with Crippen molar-refractivity contribution in [3.05, 3.63) is 29.8 Å². The van der Waals surface area contributed by atoms with Crippen LogP contribution in [0.25, 0.3) is 0 Å². The van der Waals surface area contributed by atoms with Gasteiger partial charge in [-0.05, 0) is 6.07 Å². The normalized spacial score (nSPS) is 10.3. The number of hydrogen-bond acceptors (Lipinski definition) is 4. The first-order valence-electron chi connectivity index (χ1n) is 4.76. The minimum atomic E-state index is -0.0335. The van der Waals surface area contributed by atoms with Crippen molar-refractivity contribution < 1.29 is 19.3 Å². The summed E-state index contributed by atoms with van der Waals surface area (Å²) in [6, 6.07) is 7.31. The SMILES string of the molecule is COCCOCOc1ccccc1CO. The van der Waals surface area contributed by atoms with Gasteiger partial charge in [0.15, 0.2) is 6.79 Å². The van der Waals surface area contributed by atoms with Crippen molar-refractivity contribution in [2.45, 2.75) is 6.61 Å². The maximum Gasteiger partial charge on any atom is 0.189 e. The average molecular weight is 212 g/mol. The summed E-state index contributed by atoms with van der Waals surface area (Å²) in [6.45, 7) is 1.18. The number of aliphatic hydroxyl groups is 1. The predicted molar refractivity (Wildman–Crippen MR) is 55.7 cm³/mol. The fourth-order valence-corrected chi connectivity index (χ4v) is 1.08. The van der Waals surface area contributed by atoms with Gasteiger partial charge >= 0.3 is 0 Å². The quantitative estimate of drug-likeness (QED) is 0.544. The van der Waals surface area contributed by atoms with E-state index in [1.807, 2.05) is 18.2 Å². The molecular weight excluding hydrogens is 196 g/mol. The largest absolute Gasteiger partial charge is 0.467 e. The van der Waals surface area contributed by atoms with Gasteiger partial charge in [0, 0.05) is 12.7 Å². The van der Waals surface area contributed by atoms with E-state index in [2.05, 4.69) is 0 Å². The summed E-state index contributed by atoms with van der Waals surface area (Å²) in [5, 5.41) is 9.02. The second-order valence-electron chi connectivity index (χ2n) is 2.93. The lowest BCUT2D eigenvalue weighted by Crippen LogP contribution is -2.08. The Morgan fingerprint density at radius 1 is 1.20 bits per heavy atom. The lowest BCUT2D eigenvalue weighted by Gasteiger charge is -2.09. The van der Waals surface area contributed by atoms with Crippen molar-refractivity contribution in [2.75, 3.05) is 27.1 Å². The molecule has 1 N–H and O–H groups in total. The minimum Gasteiger partial charge on any atom is -0.467 e. The molecule has 0 saturated heterocycles. The van der Waals surface area contributed by atoms with Crippen molar-refractivity contribution in [1.29, 1.82) is 0 Å². The molecule has 0 bridgehead atoms. The molecule has 0 spiro atoms. The molecule has 1 rings (SSSR count). The molecule has 84 valence electrons. The summed E-state index contributed by atoms with van der Waals surface area (Å²) in [5.74, 6) is 0.650. The van der Waals surface area contributed by atoms with Gasteiger partial charge in [0.2, 0.25) is 0 Å². The van der Waals surface area contributed by atoms with Gasteiger partial charge in [-0.25, -0.2) is 0 Å². The molecule has 0 aliphatic rings. The number of para-hydroxylation sites is 1. The first kappa shape index (κ1) is 12.0. The summed E-state index contributed by atoms with van der Waals surface area (Å²) in [6.07, 6.45) is 0. The Hall–Kier alpha value is -1.10. The molecule has 0 amide bonds. The summed E-state index contributed by atoms with van der Waals surface area (Å²) in [4.78, 5) is 0. The van der Waals surface area contributed by atoms with E-state index in [1.54, 1.807) is 13.2 Å². The Bertz CT molecular complexity index is 275. The molecule has 0 saturated carbocycles. The van der Waals surface area contributed by atoms with Crippen LogP contribution in [0.15, 0.2) is 24.3 Å². The van der Waals surface area contributed by atoms with Gasteiger partial charge in [-0.3, -0.25) is 0 Å². The highest BCUT2D eigenvalue weighted by Gasteiger charge is 2.00. The number of ether oxygens (including phenoxy) is 3. The molecule has 0 fully saturated rings. The maximum absolute atomic E-state index is 9.02. The molecule has 15 heavy (non-hydrogen) atoms. The van der Waals surface area contributed by atoms with Crippen LogP contribution in [-0.4, -0.2) is 32.2 Å². The Balaban J connectivity index is 2.30. The average Bonchev–Trinajstić information content (AvgIpc) is 2.29. The van der Waals surface area contributed by atoms with E-state index in [0.717, 1.165) is 5.56 Å². The van der Waals surface area contributed by atoms with Gasteiger partial charge in [0.1, 0.15) is 5.75 Å². The zero-order chi connectivity index (χ0) is 10.9. The van der Waals surface area contributed by atoms with E-state index in [9.17, 15) is 0 Å². The maximum atomic E-state index is 9.02. The van der Waals surface area contributed by atoms with Gasteiger partial charge in [0.25, 0.3) is 0 Å². The lowest BCUT2D eigenvalue weighted by atomic mass is 10.2. The fourth-order valence-electron chi connectivity index (χ4n) is 1.08. The van der Waals surface area contributed by atoms with E-state index in [0.29, 0.717) is 19.0 Å². The van der Waals surface area contributed by atoms with Crippen LogP contribution in [0.5, 0.6) is 5.75 Å². The van der Waals surface area contributed by atoms with E-state index >= 15 is 0 Å². The fraction of sp³-hybridized carbons (Fsp3) is 0.455. The van der Waals surface area contributed by atoms with Gasteiger partial charge in [0.05, 0.1) is 19.8 Å². The summed E-state index contributed by atoms with van der Waals surface area (Å²) >= 11 is 0. The molecule has 0 aliphatic heterocycles. The Morgan fingerprint density at radius 3 is 2.73 bits per heavy atom. The van der Waals surface area contributed by atoms with Crippen LogP contribution in [-0.2, 0) is 16.1 Å². The number of aliphatic hydroxyl groups excluding tert-OH is 1. The molecule has 4 nitrogen and oxygen atoms in total. The third kappa shape index (κ3) is 4.29. The highest BCUT2D eigenvalue weighted by Crippen LogP contribution is 2.17.